The molecule has 0 radical (unpaired) electrons. The number of nitrogens with two attached hydrogens (primary N) is 1. The molecule has 3 aromatic heterocycles. The molecule has 0 aliphatic heterocycles. The highest BCUT2D eigenvalue weighted by molar-refractivity contribution is 5.93. The minimum Gasteiger partial charge on any atom is -0.384 e. The average molecular weight is 339 g/mol. The Balaban J connectivity index is 1.73. The van der Waals surface area contributed by atoms with Crippen molar-refractivity contribution in [1.82, 2.24) is 35.3 Å². The fraction of sp³-hybridized carbons (Fsp3) is 0.267. The normalized spacial score (nSPS) is 13.6. The molecular weight excluding hydrogens is 322 g/mol. The summed E-state index contributed by atoms with van der Waals surface area (Å²) in [7, 11) is 0. The van der Waals surface area contributed by atoms with E-state index in [-0.39, 0.29) is 11.9 Å². The molecule has 10 nitrogen and oxygen atoms in total. The summed E-state index contributed by atoms with van der Waals surface area (Å²) in [4.78, 5) is 20.8. The maximum atomic E-state index is 12.3. The second kappa shape index (κ2) is 5.89. The van der Waals surface area contributed by atoms with Crippen LogP contribution in [0.1, 0.15) is 29.2 Å². The fourth-order valence-electron chi connectivity index (χ4n) is 2.39. The van der Waals surface area contributed by atoms with Gasteiger partial charge in [-0.15, -0.1) is 0 Å². The van der Waals surface area contributed by atoms with E-state index in [9.17, 15) is 4.79 Å². The van der Waals surface area contributed by atoms with Crippen LogP contribution in [0.25, 0.3) is 5.82 Å². The second-order valence-corrected chi connectivity index (χ2v) is 5.87. The monoisotopic (exact) mass is 339 g/mol. The second-order valence-electron chi connectivity index (χ2n) is 5.87. The third kappa shape index (κ3) is 3.27. The number of carbonyl (C=O) groups is 1. The predicted octanol–water partition coefficient (Wildman–Crippen LogP) is 0.912. The molecule has 10 heteroatoms. The molecule has 0 saturated heterocycles. The van der Waals surface area contributed by atoms with Gasteiger partial charge in [-0.05, 0) is 19.8 Å². The van der Waals surface area contributed by atoms with Crippen molar-refractivity contribution in [2.75, 3.05) is 11.1 Å². The van der Waals surface area contributed by atoms with E-state index in [4.69, 9.17) is 5.73 Å². The van der Waals surface area contributed by atoms with Crippen molar-refractivity contribution >= 4 is 23.4 Å². The molecule has 5 N–H and O–H groups in total. The summed E-state index contributed by atoms with van der Waals surface area (Å²) in [6, 6.07) is 5.27. The SMILES string of the molecule is Cc1nc(N)cc(-n2nc(C(=O)NC3CC3)cc2Nc2ccn[nH]2)n1. The van der Waals surface area contributed by atoms with Crippen LogP contribution in [0, 0.1) is 6.92 Å². The number of rotatable bonds is 5. The Morgan fingerprint density at radius 2 is 2.20 bits per heavy atom. The van der Waals surface area contributed by atoms with Crippen molar-refractivity contribution in [2.24, 2.45) is 0 Å². The zero-order valence-corrected chi connectivity index (χ0v) is 13.5. The Hall–Kier alpha value is -3.43. The molecule has 0 bridgehead atoms. The molecule has 0 atom stereocenters. The number of aromatic amines is 1. The number of nitrogens with one attached hydrogen (secondary N) is 3. The Morgan fingerprint density at radius 3 is 2.88 bits per heavy atom. The smallest absolute Gasteiger partial charge is 0.272 e. The molecule has 1 fully saturated rings. The van der Waals surface area contributed by atoms with Gasteiger partial charge in [-0.25, -0.2) is 9.97 Å². The number of hydrogen-bond acceptors (Lipinski definition) is 7. The minimum absolute atomic E-state index is 0.215. The molecule has 1 aliphatic carbocycles. The number of aromatic nitrogens is 6. The molecule has 0 aromatic carbocycles. The van der Waals surface area contributed by atoms with E-state index in [0.717, 1.165) is 12.8 Å². The Labute approximate surface area is 142 Å². The Morgan fingerprint density at radius 1 is 1.36 bits per heavy atom. The molecule has 1 saturated carbocycles. The van der Waals surface area contributed by atoms with Crippen LogP contribution in [0.3, 0.4) is 0 Å². The van der Waals surface area contributed by atoms with Crippen LogP contribution in [0.5, 0.6) is 0 Å². The number of amides is 1. The Bertz CT molecular complexity index is 891. The third-order valence-corrected chi connectivity index (χ3v) is 3.68. The molecule has 25 heavy (non-hydrogen) atoms. The van der Waals surface area contributed by atoms with Gasteiger partial charge in [0.2, 0.25) is 0 Å². The van der Waals surface area contributed by atoms with Crippen molar-refractivity contribution < 1.29 is 4.79 Å². The zero-order valence-electron chi connectivity index (χ0n) is 13.5. The maximum Gasteiger partial charge on any atom is 0.272 e. The van der Waals surface area contributed by atoms with Gasteiger partial charge in [-0.2, -0.15) is 14.9 Å². The van der Waals surface area contributed by atoms with Crippen molar-refractivity contribution in [1.29, 1.82) is 0 Å². The quantitative estimate of drug-likeness (QED) is 0.541. The molecule has 3 heterocycles. The lowest BCUT2D eigenvalue weighted by atomic mass is 10.4. The van der Waals surface area contributed by atoms with Crippen LogP contribution in [-0.4, -0.2) is 41.9 Å². The highest BCUT2D eigenvalue weighted by Crippen LogP contribution is 2.22. The standard InChI is InChI=1S/C15H17N9O/c1-8-18-11(16)7-14(19-8)24-13(21-12-4-5-17-22-12)6-10(23-24)15(25)20-9-2-3-9/h4-7,9H,2-3H2,1H3,(H,20,25)(H2,16,18,19)(H2,17,21,22). The van der Waals surface area contributed by atoms with Crippen molar-refractivity contribution in [3.05, 3.63) is 35.9 Å². The molecule has 0 spiro atoms. The van der Waals surface area contributed by atoms with Crippen molar-refractivity contribution in [3.8, 4) is 5.82 Å². The van der Waals surface area contributed by atoms with Crippen LogP contribution < -0.4 is 16.4 Å². The molecule has 1 aliphatic rings. The van der Waals surface area contributed by atoms with Gasteiger partial charge in [0.05, 0.1) is 6.20 Å². The number of anilines is 3. The Kier molecular flexibility index (Phi) is 3.56. The summed E-state index contributed by atoms with van der Waals surface area (Å²) in [5, 5.41) is 17.1. The lowest BCUT2D eigenvalue weighted by molar-refractivity contribution is 0.0945. The van der Waals surface area contributed by atoms with Crippen molar-refractivity contribution in [3.63, 3.8) is 0 Å². The third-order valence-electron chi connectivity index (χ3n) is 3.68. The predicted molar refractivity (Wildman–Crippen MR) is 90.7 cm³/mol. The molecular formula is C15H17N9O. The van der Waals surface area contributed by atoms with Gasteiger partial charge in [0.1, 0.15) is 23.3 Å². The summed E-state index contributed by atoms with van der Waals surface area (Å²) in [6.07, 6.45) is 3.64. The molecule has 4 rings (SSSR count). The number of aryl methyl sites for hydroxylation is 1. The topological polar surface area (TPSA) is 139 Å². The van der Waals surface area contributed by atoms with Crippen LogP contribution in [0.4, 0.5) is 17.5 Å². The molecule has 3 aromatic rings. The summed E-state index contributed by atoms with van der Waals surface area (Å²) in [5.41, 5.74) is 6.11. The number of H-pyrrole nitrogens is 1. The fourth-order valence-corrected chi connectivity index (χ4v) is 2.39. The van der Waals surface area contributed by atoms with Crippen LogP contribution in [-0.2, 0) is 0 Å². The maximum absolute atomic E-state index is 12.3. The first-order valence-corrected chi connectivity index (χ1v) is 7.87. The lowest BCUT2D eigenvalue weighted by Gasteiger charge is -2.08. The number of nitrogens with zero attached hydrogens (tertiary/aromatic N) is 5. The first-order chi connectivity index (χ1) is 12.1. The average Bonchev–Trinajstić information content (AvgIpc) is 3.07. The van der Waals surface area contributed by atoms with Gasteiger partial charge in [-0.1, -0.05) is 0 Å². The van der Waals surface area contributed by atoms with Gasteiger partial charge in [0, 0.05) is 24.2 Å². The van der Waals surface area contributed by atoms with Gasteiger partial charge < -0.3 is 16.4 Å². The number of nitrogen functional groups attached to an aromatic ring is 1. The number of carbonyl (C=O) groups excluding carboxylic acids is 1. The summed E-state index contributed by atoms with van der Waals surface area (Å²) < 4.78 is 1.52. The highest BCUT2D eigenvalue weighted by atomic mass is 16.2. The first kappa shape index (κ1) is 15.1. The summed E-state index contributed by atoms with van der Waals surface area (Å²) in [6.45, 7) is 1.74. The van der Waals surface area contributed by atoms with E-state index in [1.165, 1.54) is 4.68 Å². The first-order valence-electron chi connectivity index (χ1n) is 7.87. The van der Waals surface area contributed by atoms with E-state index in [0.29, 0.717) is 34.8 Å². The van der Waals surface area contributed by atoms with E-state index in [2.05, 4.69) is 35.9 Å². The highest BCUT2D eigenvalue weighted by Gasteiger charge is 2.26. The lowest BCUT2D eigenvalue weighted by Crippen LogP contribution is -2.25. The van der Waals surface area contributed by atoms with Gasteiger partial charge in [0.25, 0.3) is 5.91 Å². The molecule has 1 amide bonds. The van der Waals surface area contributed by atoms with Crippen LogP contribution >= 0.6 is 0 Å². The zero-order chi connectivity index (χ0) is 17.4. The summed E-state index contributed by atoms with van der Waals surface area (Å²) in [5.74, 6) is 2.32. The van der Waals surface area contributed by atoms with E-state index in [1.54, 1.807) is 31.3 Å². The number of hydrogen-bond donors (Lipinski definition) is 4. The molecule has 0 unspecified atom stereocenters. The largest absolute Gasteiger partial charge is 0.384 e. The summed E-state index contributed by atoms with van der Waals surface area (Å²) >= 11 is 0. The van der Waals surface area contributed by atoms with E-state index >= 15 is 0 Å². The molecule has 128 valence electrons. The van der Waals surface area contributed by atoms with Crippen molar-refractivity contribution in [2.45, 2.75) is 25.8 Å². The van der Waals surface area contributed by atoms with Crippen LogP contribution in [0.15, 0.2) is 24.4 Å². The van der Waals surface area contributed by atoms with E-state index < -0.39 is 0 Å². The van der Waals surface area contributed by atoms with Gasteiger partial charge in [-0.3, -0.25) is 9.89 Å². The van der Waals surface area contributed by atoms with Gasteiger partial charge in [0.15, 0.2) is 11.5 Å². The van der Waals surface area contributed by atoms with E-state index in [1.807, 2.05) is 0 Å². The van der Waals surface area contributed by atoms with Crippen LogP contribution in [0.2, 0.25) is 0 Å². The minimum atomic E-state index is -0.215. The van der Waals surface area contributed by atoms with Gasteiger partial charge >= 0.3 is 0 Å².